The van der Waals surface area contributed by atoms with Gasteiger partial charge in [-0.25, -0.2) is 13.8 Å². The third-order valence-corrected chi connectivity index (χ3v) is 2.58. The average Bonchev–Trinajstić information content (AvgIpc) is 2.37. The Morgan fingerprint density at radius 1 is 1.00 bits per heavy atom. The molecule has 1 heterocycles. The van der Waals surface area contributed by atoms with Crippen LogP contribution in [0.3, 0.4) is 0 Å². The Kier molecular flexibility index (Phi) is 3.87. The van der Waals surface area contributed by atoms with Crippen LogP contribution in [0.1, 0.15) is 11.3 Å². The third kappa shape index (κ3) is 3.23. The van der Waals surface area contributed by atoms with E-state index >= 15 is 0 Å². The summed E-state index contributed by atoms with van der Waals surface area (Å²) >= 11 is 0. The first-order valence-electron chi connectivity index (χ1n) is 5.58. The van der Waals surface area contributed by atoms with Crippen LogP contribution in [0.4, 0.5) is 27.6 Å². The van der Waals surface area contributed by atoms with E-state index in [1.165, 1.54) is 6.07 Å². The molecule has 0 aliphatic heterocycles. The highest BCUT2D eigenvalue weighted by Gasteiger charge is 2.31. The van der Waals surface area contributed by atoms with Crippen LogP contribution in [-0.2, 0) is 12.7 Å². The first-order valence-corrected chi connectivity index (χ1v) is 5.58. The van der Waals surface area contributed by atoms with Crippen LogP contribution in [0, 0.1) is 11.6 Å². The normalized spacial score (nSPS) is 11.4. The first kappa shape index (κ1) is 14.2. The zero-order chi connectivity index (χ0) is 14.8. The minimum absolute atomic E-state index is 0.188. The summed E-state index contributed by atoms with van der Waals surface area (Å²) in [5.74, 6) is -1.45. The number of hydrogen-bond acceptors (Lipinski definition) is 2. The van der Waals surface area contributed by atoms with Gasteiger partial charge in [0, 0.05) is 12.1 Å². The molecule has 1 aromatic heterocycles. The van der Waals surface area contributed by atoms with Crippen molar-refractivity contribution < 1.29 is 22.0 Å². The fourth-order valence-electron chi connectivity index (χ4n) is 1.56. The van der Waals surface area contributed by atoms with Gasteiger partial charge >= 0.3 is 6.18 Å². The zero-order valence-corrected chi connectivity index (χ0v) is 10.0. The van der Waals surface area contributed by atoms with Crippen LogP contribution >= 0.6 is 0 Å². The fraction of sp³-hybridized carbons (Fsp3) is 0.154. The topological polar surface area (TPSA) is 24.9 Å². The number of pyridine rings is 1. The minimum atomic E-state index is -4.52. The van der Waals surface area contributed by atoms with E-state index in [1.807, 2.05) is 0 Å². The zero-order valence-electron chi connectivity index (χ0n) is 10.0. The second-order valence-corrected chi connectivity index (χ2v) is 3.98. The number of anilines is 1. The molecule has 0 spiro atoms. The summed E-state index contributed by atoms with van der Waals surface area (Å²) in [5, 5.41) is 2.61. The van der Waals surface area contributed by atoms with Crippen LogP contribution < -0.4 is 5.32 Å². The Bertz CT molecular complexity index is 572. The molecule has 1 N–H and O–H groups in total. The molecule has 20 heavy (non-hydrogen) atoms. The molecule has 0 radical (unpaired) electrons. The van der Waals surface area contributed by atoms with Gasteiger partial charge in [-0.2, -0.15) is 13.2 Å². The molecule has 0 fully saturated rings. The highest BCUT2D eigenvalue weighted by Crippen LogP contribution is 2.27. The summed E-state index contributed by atoms with van der Waals surface area (Å²) in [6.07, 6.45) is -3.56. The van der Waals surface area contributed by atoms with Crippen LogP contribution in [-0.4, -0.2) is 4.98 Å². The fourth-order valence-corrected chi connectivity index (χ4v) is 1.56. The van der Waals surface area contributed by atoms with Gasteiger partial charge in [0.2, 0.25) is 0 Å². The van der Waals surface area contributed by atoms with E-state index in [-0.39, 0.29) is 17.8 Å². The lowest BCUT2D eigenvalue weighted by Gasteiger charge is -2.09. The molecule has 106 valence electrons. The van der Waals surface area contributed by atoms with E-state index < -0.39 is 23.5 Å². The molecule has 0 unspecified atom stereocenters. The van der Waals surface area contributed by atoms with Gasteiger partial charge in [-0.3, -0.25) is 0 Å². The Balaban J connectivity index is 2.08. The van der Waals surface area contributed by atoms with E-state index in [0.29, 0.717) is 0 Å². The van der Waals surface area contributed by atoms with Crippen molar-refractivity contribution in [3.8, 4) is 0 Å². The highest BCUT2D eigenvalue weighted by molar-refractivity contribution is 5.42. The molecule has 0 amide bonds. The van der Waals surface area contributed by atoms with Gasteiger partial charge in [0.05, 0.1) is 11.9 Å². The summed E-state index contributed by atoms with van der Waals surface area (Å²) in [5.41, 5.74) is -0.979. The number of alkyl halides is 3. The van der Waals surface area contributed by atoms with E-state index in [9.17, 15) is 22.0 Å². The minimum Gasteiger partial charge on any atom is -0.379 e. The maximum atomic E-state index is 13.3. The maximum Gasteiger partial charge on any atom is 0.433 e. The molecule has 2 rings (SSSR count). The molecule has 0 saturated heterocycles. The largest absolute Gasteiger partial charge is 0.433 e. The van der Waals surface area contributed by atoms with Crippen molar-refractivity contribution in [2.75, 3.05) is 5.32 Å². The van der Waals surface area contributed by atoms with Crippen molar-refractivity contribution in [2.24, 2.45) is 0 Å². The molecule has 0 atom stereocenters. The molecule has 0 aliphatic carbocycles. The van der Waals surface area contributed by atoms with Crippen LogP contribution in [0.15, 0.2) is 36.5 Å². The molecular formula is C13H9F5N2. The second kappa shape index (κ2) is 5.44. The standard InChI is InChI=1S/C13H9F5N2/c14-10-2-1-3-11(15)9(10)7-19-8-4-5-12(20-6-8)13(16,17)18/h1-6,19H,7H2. The molecule has 1 aromatic carbocycles. The van der Waals surface area contributed by atoms with Gasteiger partial charge in [-0.1, -0.05) is 6.07 Å². The molecule has 0 saturated carbocycles. The monoisotopic (exact) mass is 288 g/mol. The predicted octanol–water partition coefficient (Wildman–Crippen LogP) is 3.99. The Morgan fingerprint density at radius 3 is 2.15 bits per heavy atom. The number of rotatable bonds is 3. The number of aromatic nitrogens is 1. The number of nitrogens with zero attached hydrogens (tertiary/aromatic N) is 1. The Morgan fingerprint density at radius 2 is 1.65 bits per heavy atom. The van der Waals surface area contributed by atoms with Gasteiger partial charge in [0.15, 0.2) is 0 Å². The third-order valence-electron chi connectivity index (χ3n) is 2.58. The number of halogens is 5. The van der Waals surface area contributed by atoms with Crippen LogP contribution in [0.25, 0.3) is 0 Å². The first-order chi connectivity index (χ1) is 9.38. The molecule has 2 nitrogen and oxygen atoms in total. The van der Waals surface area contributed by atoms with Gasteiger partial charge in [-0.05, 0) is 24.3 Å². The summed E-state index contributed by atoms with van der Waals surface area (Å²) in [6.45, 7) is -0.189. The van der Waals surface area contributed by atoms with Crippen molar-refractivity contribution in [2.45, 2.75) is 12.7 Å². The lowest BCUT2D eigenvalue weighted by atomic mass is 10.2. The molecule has 2 aromatic rings. The lowest BCUT2D eigenvalue weighted by Crippen LogP contribution is -2.09. The van der Waals surface area contributed by atoms with Gasteiger partial charge < -0.3 is 5.32 Å². The summed E-state index contributed by atoms with van der Waals surface area (Å²) < 4.78 is 63.5. The number of benzene rings is 1. The van der Waals surface area contributed by atoms with E-state index in [0.717, 1.165) is 30.5 Å². The second-order valence-electron chi connectivity index (χ2n) is 3.98. The number of nitrogens with one attached hydrogen (secondary N) is 1. The Hall–Kier alpha value is -2.18. The average molecular weight is 288 g/mol. The Labute approximate surface area is 111 Å². The van der Waals surface area contributed by atoms with Crippen molar-refractivity contribution in [3.05, 3.63) is 59.4 Å². The van der Waals surface area contributed by atoms with Gasteiger partial charge in [-0.15, -0.1) is 0 Å². The molecule has 7 heteroatoms. The van der Waals surface area contributed by atoms with Crippen molar-refractivity contribution in [1.29, 1.82) is 0 Å². The highest BCUT2D eigenvalue weighted by atomic mass is 19.4. The quantitative estimate of drug-likeness (QED) is 0.864. The number of hydrogen-bond donors (Lipinski definition) is 1. The lowest BCUT2D eigenvalue weighted by molar-refractivity contribution is -0.141. The van der Waals surface area contributed by atoms with Crippen molar-refractivity contribution in [1.82, 2.24) is 4.98 Å². The van der Waals surface area contributed by atoms with Crippen LogP contribution in [0.5, 0.6) is 0 Å². The van der Waals surface area contributed by atoms with Crippen molar-refractivity contribution >= 4 is 5.69 Å². The van der Waals surface area contributed by atoms with E-state index in [1.54, 1.807) is 0 Å². The van der Waals surface area contributed by atoms with Gasteiger partial charge in [0.25, 0.3) is 0 Å². The SMILES string of the molecule is Fc1cccc(F)c1CNc1ccc(C(F)(F)F)nc1. The molecule has 0 bridgehead atoms. The summed E-state index contributed by atoms with van der Waals surface area (Å²) in [6, 6.07) is 5.37. The van der Waals surface area contributed by atoms with E-state index in [2.05, 4.69) is 10.3 Å². The molecular weight excluding hydrogens is 279 g/mol. The molecule has 0 aliphatic rings. The summed E-state index contributed by atoms with van der Waals surface area (Å²) in [7, 11) is 0. The van der Waals surface area contributed by atoms with Crippen molar-refractivity contribution in [3.63, 3.8) is 0 Å². The van der Waals surface area contributed by atoms with Gasteiger partial charge in [0.1, 0.15) is 17.3 Å². The summed E-state index contributed by atoms with van der Waals surface area (Å²) in [4.78, 5) is 3.23. The maximum absolute atomic E-state index is 13.3. The predicted molar refractivity (Wildman–Crippen MR) is 62.9 cm³/mol. The van der Waals surface area contributed by atoms with Crippen LogP contribution in [0.2, 0.25) is 0 Å². The van der Waals surface area contributed by atoms with E-state index in [4.69, 9.17) is 0 Å². The smallest absolute Gasteiger partial charge is 0.379 e.